The summed E-state index contributed by atoms with van der Waals surface area (Å²) in [6.07, 6.45) is -3.70. The number of likely N-dealkylation sites (tertiary alicyclic amines) is 1. The molecule has 4 fully saturated rings. The second-order valence-electron chi connectivity index (χ2n) is 13.2. The van der Waals surface area contributed by atoms with Gasteiger partial charge in [0.05, 0.1) is 34.1 Å². The minimum Gasteiger partial charge on any atom is -0.461 e. The molecule has 3 aromatic rings. The van der Waals surface area contributed by atoms with Crippen LogP contribution in [0.5, 0.6) is 0 Å². The highest BCUT2D eigenvalue weighted by molar-refractivity contribution is 6.34. The van der Waals surface area contributed by atoms with Crippen LogP contribution in [0.15, 0.2) is 30.6 Å². The van der Waals surface area contributed by atoms with Gasteiger partial charge in [-0.2, -0.15) is 18.3 Å². The molecule has 4 heterocycles. The van der Waals surface area contributed by atoms with Crippen LogP contribution in [0.4, 0.5) is 32.4 Å². The molecule has 51 heavy (non-hydrogen) atoms. The Balaban J connectivity index is 0.946. The highest BCUT2D eigenvalue weighted by Gasteiger charge is 2.58. The van der Waals surface area contributed by atoms with E-state index in [1.54, 1.807) is 4.90 Å². The summed E-state index contributed by atoms with van der Waals surface area (Å²) in [7, 11) is 1.33. The molecule has 1 aromatic carbocycles. The van der Waals surface area contributed by atoms with Crippen LogP contribution in [0.2, 0.25) is 5.02 Å². The van der Waals surface area contributed by atoms with Crippen molar-refractivity contribution in [2.75, 3.05) is 31.5 Å². The average Bonchev–Trinajstić information content (AvgIpc) is 3.51. The third-order valence-electron chi connectivity index (χ3n) is 9.81. The number of aromatic nitrogens is 4. The highest BCUT2D eigenvalue weighted by Crippen LogP contribution is 2.50. The summed E-state index contributed by atoms with van der Waals surface area (Å²) in [6.45, 7) is 1.77. The lowest BCUT2D eigenvalue weighted by Gasteiger charge is -2.25. The number of urea groups is 1. The number of rotatable bonds is 10. The van der Waals surface area contributed by atoms with E-state index < -0.39 is 60.2 Å². The van der Waals surface area contributed by atoms with Crippen LogP contribution >= 0.6 is 11.6 Å². The molecule has 20 heteroatoms. The number of carbonyl (C=O) groups is 4. The second kappa shape index (κ2) is 12.8. The van der Waals surface area contributed by atoms with Gasteiger partial charge in [-0.15, -0.1) is 0 Å². The third-order valence-corrected chi connectivity index (χ3v) is 10.1. The SMILES string of the molecule is Cn1c(-c2cn(CC3CC3(F)F)nc2C(F)(F)F)cnc1C(=O)Nc1ccc(C(=O)N[C@@H]2[C@@H]3CN(C(=O)N[C@H]4CNC[C@@H]4OC=O)C[C@@H]32)c(Cl)c1. The van der Waals surface area contributed by atoms with E-state index in [1.807, 2.05) is 0 Å². The van der Waals surface area contributed by atoms with E-state index in [0.29, 0.717) is 32.7 Å². The summed E-state index contributed by atoms with van der Waals surface area (Å²) < 4.78 is 75.3. The predicted molar refractivity (Wildman–Crippen MR) is 168 cm³/mol. The minimum atomic E-state index is -4.90. The zero-order valence-electron chi connectivity index (χ0n) is 26.7. The van der Waals surface area contributed by atoms with Crippen molar-refractivity contribution in [1.82, 2.24) is 40.2 Å². The number of hydrogen-bond donors (Lipinski definition) is 4. The molecular weight excluding hydrogens is 709 g/mol. The highest BCUT2D eigenvalue weighted by atomic mass is 35.5. The lowest BCUT2D eigenvalue weighted by atomic mass is 10.2. The van der Waals surface area contributed by atoms with Crippen LogP contribution in [0.1, 0.15) is 33.1 Å². The maximum atomic E-state index is 13.8. The molecule has 0 spiro atoms. The van der Waals surface area contributed by atoms with Gasteiger partial charge >= 0.3 is 12.2 Å². The van der Waals surface area contributed by atoms with Crippen LogP contribution in [0.25, 0.3) is 11.3 Å². The van der Waals surface area contributed by atoms with Gasteiger partial charge in [0, 0.05) is 81.9 Å². The number of alkyl halides is 5. The zero-order valence-corrected chi connectivity index (χ0v) is 27.5. The monoisotopic (exact) mass is 739 g/mol. The number of halogens is 6. The van der Waals surface area contributed by atoms with Crippen molar-refractivity contribution >= 4 is 41.6 Å². The molecule has 1 unspecified atom stereocenters. The van der Waals surface area contributed by atoms with Crippen molar-refractivity contribution in [3.63, 3.8) is 0 Å². The predicted octanol–water partition coefficient (Wildman–Crippen LogP) is 2.75. The van der Waals surface area contributed by atoms with E-state index >= 15 is 0 Å². The van der Waals surface area contributed by atoms with Gasteiger partial charge in [-0.05, 0) is 18.2 Å². The second-order valence-corrected chi connectivity index (χ2v) is 13.6. The van der Waals surface area contributed by atoms with Gasteiger partial charge in [0.2, 0.25) is 0 Å². The zero-order chi connectivity index (χ0) is 36.4. The minimum absolute atomic E-state index is 0.0263. The molecule has 4 aliphatic rings. The number of imidazole rings is 1. The van der Waals surface area contributed by atoms with Gasteiger partial charge in [-0.1, -0.05) is 11.6 Å². The fourth-order valence-electron chi connectivity index (χ4n) is 6.84. The van der Waals surface area contributed by atoms with Crippen LogP contribution in [0, 0.1) is 17.8 Å². The van der Waals surface area contributed by atoms with Gasteiger partial charge in [-0.3, -0.25) is 19.1 Å². The van der Waals surface area contributed by atoms with Crippen LogP contribution < -0.4 is 21.3 Å². The topological polar surface area (TPSA) is 165 Å². The lowest BCUT2D eigenvalue weighted by molar-refractivity contribution is -0.141. The molecule has 2 saturated heterocycles. The number of nitrogens with one attached hydrogen (secondary N) is 4. The molecule has 4 N–H and O–H groups in total. The van der Waals surface area contributed by atoms with Gasteiger partial charge in [-0.25, -0.2) is 18.6 Å². The Labute approximate surface area is 291 Å². The van der Waals surface area contributed by atoms with E-state index in [0.717, 1.165) is 21.6 Å². The van der Waals surface area contributed by atoms with Gasteiger partial charge in [0.1, 0.15) is 6.10 Å². The van der Waals surface area contributed by atoms with E-state index in [1.165, 1.54) is 25.2 Å². The van der Waals surface area contributed by atoms with Crippen molar-refractivity contribution in [2.24, 2.45) is 24.8 Å². The molecular formula is C31H31ClF5N9O5. The first-order chi connectivity index (χ1) is 24.1. The maximum Gasteiger partial charge on any atom is 0.435 e. The number of fused-ring (bicyclic) bond motifs is 1. The first-order valence-electron chi connectivity index (χ1n) is 16.0. The number of hydrogen-bond acceptors (Lipinski definition) is 8. The molecule has 14 nitrogen and oxygen atoms in total. The Morgan fingerprint density at radius 3 is 2.51 bits per heavy atom. The summed E-state index contributed by atoms with van der Waals surface area (Å²) in [4.78, 5) is 55.2. The number of nitrogens with zero attached hydrogens (tertiary/aromatic N) is 5. The normalized spacial score (nSPS) is 26.0. The van der Waals surface area contributed by atoms with Crippen molar-refractivity contribution < 1.29 is 45.9 Å². The Morgan fingerprint density at radius 1 is 1.14 bits per heavy atom. The van der Waals surface area contributed by atoms with E-state index in [9.17, 15) is 41.1 Å². The molecule has 272 valence electrons. The van der Waals surface area contributed by atoms with Crippen molar-refractivity contribution in [1.29, 1.82) is 0 Å². The first kappa shape index (κ1) is 34.7. The summed E-state index contributed by atoms with van der Waals surface area (Å²) >= 11 is 6.40. The number of ether oxygens (including phenoxy) is 1. The summed E-state index contributed by atoms with van der Waals surface area (Å²) in [5, 5.41) is 15.0. The van der Waals surface area contributed by atoms with Crippen molar-refractivity contribution in [2.45, 2.75) is 43.3 Å². The number of anilines is 1. The Kier molecular flexibility index (Phi) is 8.68. The third kappa shape index (κ3) is 6.83. The number of piperidine rings is 1. The van der Waals surface area contributed by atoms with Gasteiger partial charge in [0.25, 0.3) is 24.2 Å². The molecule has 6 atom stereocenters. The summed E-state index contributed by atoms with van der Waals surface area (Å²) in [5.41, 5.74) is -1.50. The molecule has 0 radical (unpaired) electrons. The average molecular weight is 740 g/mol. The van der Waals surface area contributed by atoms with Crippen LogP contribution in [-0.4, -0.2) is 98.8 Å². The largest absolute Gasteiger partial charge is 0.461 e. The summed E-state index contributed by atoms with van der Waals surface area (Å²) in [5.74, 6) is -5.41. The molecule has 0 bridgehead atoms. The van der Waals surface area contributed by atoms with Crippen molar-refractivity contribution in [3.8, 4) is 11.3 Å². The number of amides is 4. The van der Waals surface area contributed by atoms with E-state index in [4.69, 9.17) is 16.3 Å². The summed E-state index contributed by atoms with van der Waals surface area (Å²) in [6, 6.07) is 3.42. The van der Waals surface area contributed by atoms with E-state index in [-0.39, 0.29) is 57.7 Å². The maximum absolute atomic E-state index is 13.8. The number of benzene rings is 1. The molecule has 2 aliphatic carbocycles. The van der Waals surface area contributed by atoms with Gasteiger partial charge < -0.3 is 35.5 Å². The Hall–Kier alpha value is -4.78. The lowest BCUT2D eigenvalue weighted by Crippen LogP contribution is -2.50. The number of carbonyl (C=O) groups excluding carboxylic acids is 4. The smallest absolute Gasteiger partial charge is 0.435 e. The van der Waals surface area contributed by atoms with Crippen molar-refractivity contribution in [3.05, 3.63) is 52.7 Å². The molecule has 2 saturated carbocycles. The van der Waals surface area contributed by atoms with Gasteiger partial charge in [0.15, 0.2) is 11.5 Å². The van der Waals surface area contributed by atoms with Crippen LogP contribution in [0.3, 0.4) is 0 Å². The standard InChI is InChI=1S/C31H31ClF5N9O5/c1-44-22(19-12-46(9-14-5-30(14,33)34)43-25(19)31(35,36)37)7-39-26(44)28(49)40-15-2-3-16(20(32)4-15)27(48)42-24-17-10-45(11-18(17)24)29(50)41-21-6-38-8-23(21)51-13-47/h2-4,7,12-14,17-18,21,23-24,38H,5-6,8-11H2,1H3,(H,40,49)(H,41,50)(H,42,48)/t14?,17-,18+,21-,23-,24-/m0/s1. The molecule has 2 aliphatic heterocycles. The van der Waals surface area contributed by atoms with Crippen LogP contribution in [-0.2, 0) is 29.3 Å². The first-order valence-corrected chi connectivity index (χ1v) is 16.3. The van der Waals surface area contributed by atoms with E-state index in [2.05, 4.69) is 31.3 Å². The molecule has 2 aromatic heterocycles. The fourth-order valence-corrected chi connectivity index (χ4v) is 7.10. The molecule has 4 amide bonds. The Bertz CT molecular complexity index is 1890. The molecule has 7 rings (SSSR count). The Morgan fingerprint density at radius 2 is 1.86 bits per heavy atom. The quantitative estimate of drug-likeness (QED) is 0.182. The fraction of sp³-hybridized carbons (Fsp3) is 0.484.